The van der Waals surface area contributed by atoms with Crippen LogP contribution < -0.4 is 16.0 Å². The van der Waals surface area contributed by atoms with E-state index in [1.165, 1.54) is 4.90 Å². The number of amides is 1. The molecule has 0 spiro atoms. The molecule has 4 rings (SSSR count). The van der Waals surface area contributed by atoms with Gasteiger partial charge >= 0.3 is 0 Å². The molecule has 7 N–H and O–H groups in total. The first-order valence-electron chi connectivity index (χ1n) is 13.3. The molecule has 11 heteroatoms. The van der Waals surface area contributed by atoms with E-state index >= 15 is 0 Å². The number of phenols is 1. The fourth-order valence-electron chi connectivity index (χ4n) is 6.46. The van der Waals surface area contributed by atoms with E-state index in [9.17, 15) is 34.8 Å². The van der Waals surface area contributed by atoms with Crippen LogP contribution in [0.4, 0.5) is 5.69 Å². The molecule has 3 aliphatic carbocycles. The van der Waals surface area contributed by atoms with Crippen molar-refractivity contribution in [3.8, 4) is 5.75 Å². The van der Waals surface area contributed by atoms with Crippen LogP contribution in [0.1, 0.15) is 48.7 Å². The highest BCUT2D eigenvalue weighted by Gasteiger charge is 2.63. The Kier molecular flexibility index (Phi) is 7.32. The third-order valence-corrected chi connectivity index (χ3v) is 8.23. The molecule has 40 heavy (non-hydrogen) atoms. The maximum absolute atomic E-state index is 14.1. The van der Waals surface area contributed by atoms with Crippen molar-refractivity contribution in [1.82, 2.24) is 10.2 Å². The van der Waals surface area contributed by atoms with Crippen LogP contribution in [0.2, 0.25) is 0 Å². The molecule has 1 aromatic rings. The highest BCUT2D eigenvalue weighted by molar-refractivity contribution is 6.24. The van der Waals surface area contributed by atoms with E-state index in [1.54, 1.807) is 14.1 Å². The average molecular weight is 557 g/mol. The second-order valence-electron chi connectivity index (χ2n) is 12.8. The molecule has 1 aromatic carbocycles. The number of ketones is 2. The zero-order valence-corrected chi connectivity index (χ0v) is 24.1. The summed E-state index contributed by atoms with van der Waals surface area (Å²) in [4.78, 5) is 43.0. The van der Waals surface area contributed by atoms with Crippen LogP contribution in [-0.4, -0.2) is 89.2 Å². The monoisotopic (exact) mass is 556 g/mol. The number of nitrogens with two attached hydrogens (primary N) is 1. The fourth-order valence-corrected chi connectivity index (χ4v) is 6.46. The van der Waals surface area contributed by atoms with Crippen molar-refractivity contribution in [2.45, 2.75) is 51.8 Å². The predicted octanol–water partition coefficient (Wildman–Crippen LogP) is 1.32. The Labute approximate surface area is 233 Å². The van der Waals surface area contributed by atoms with E-state index in [1.807, 2.05) is 25.1 Å². The third-order valence-electron chi connectivity index (χ3n) is 8.23. The summed E-state index contributed by atoms with van der Waals surface area (Å²) in [5, 5.41) is 48.8. The lowest BCUT2D eigenvalue weighted by atomic mass is 9.58. The lowest BCUT2D eigenvalue weighted by Gasteiger charge is -2.50. The fraction of sp³-hybridized carbons (Fsp3) is 0.552. The standard InChI is InChI=1S/C29H40N4O7/c1-28(2,3)12-31-11-14-10-17(32(4)5)15-8-13-9-16-21(33(6)7)24(36)20(27(30)39)26(38)29(16,40)25(37)18(13)23(35)19(15)22(14)34/h10,13,16,21,31,34,36-37,40H,8-9,11-12H2,1-7H3,(H2,30,39)/t13-,16+,21?,29-/m0/s1. The van der Waals surface area contributed by atoms with Gasteiger partial charge in [0.25, 0.3) is 5.91 Å². The Morgan fingerprint density at radius 1 is 1.15 bits per heavy atom. The zero-order valence-electron chi connectivity index (χ0n) is 24.1. The molecule has 0 aliphatic heterocycles. The number of likely N-dealkylation sites (N-methyl/N-ethyl adjacent to an activating group) is 1. The predicted molar refractivity (Wildman–Crippen MR) is 149 cm³/mol. The van der Waals surface area contributed by atoms with Crippen LogP contribution in [0.15, 0.2) is 28.7 Å². The van der Waals surface area contributed by atoms with Gasteiger partial charge in [-0.2, -0.15) is 0 Å². The van der Waals surface area contributed by atoms with Gasteiger partial charge in [-0.1, -0.05) is 20.8 Å². The van der Waals surface area contributed by atoms with Crippen molar-refractivity contribution in [3.05, 3.63) is 45.4 Å². The summed E-state index contributed by atoms with van der Waals surface area (Å²) in [5.41, 5.74) is 3.58. The minimum Gasteiger partial charge on any atom is -0.510 e. The van der Waals surface area contributed by atoms with Crippen LogP contribution in [0.5, 0.6) is 5.75 Å². The molecule has 0 saturated carbocycles. The number of nitrogens with one attached hydrogen (secondary N) is 1. The van der Waals surface area contributed by atoms with Gasteiger partial charge < -0.3 is 36.4 Å². The summed E-state index contributed by atoms with van der Waals surface area (Å²) in [7, 11) is 6.87. The summed E-state index contributed by atoms with van der Waals surface area (Å²) in [6.07, 6.45) is 0.291. The SMILES string of the molecule is CN(C)c1cc(CNCC(C)(C)C)c(O)c2c1C[C@H]1C[C@@H]3C(N(C)C)C(O)=C(C(N)=O)C(=O)[C@@]3(O)C(O)=C1C2=O. The Morgan fingerprint density at radius 3 is 2.30 bits per heavy atom. The molecular formula is C29H40N4O7. The number of allylic oxidation sites excluding steroid dienone is 1. The number of benzene rings is 1. The molecule has 0 bridgehead atoms. The summed E-state index contributed by atoms with van der Waals surface area (Å²) < 4.78 is 0. The number of rotatable bonds is 6. The van der Waals surface area contributed by atoms with Crippen molar-refractivity contribution in [1.29, 1.82) is 0 Å². The van der Waals surface area contributed by atoms with E-state index in [-0.39, 0.29) is 35.1 Å². The maximum Gasteiger partial charge on any atom is 0.255 e. The number of carbonyl (C=O) groups excluding carboxylic acids is 3. The van der Waals surface area contributed by atoms with Gasteiger partial charge in [0.15, 0.2) is 11.4 Å². The minimum absolute atomic E-state index is 0.00841. The van der Waals surface area contributed by atoms with Crippen LogP contribution in [0, 0.1) is 17.3 Å². The highest BCUT2D eigenvalue weighted by atomic mass is 16.3. The molecule has 1 unspecified atom stereocenters. The number of carbonyl (C=O) groups is 3. The number of nitrogens with zero attached hydrogens (tertiary/aromatic N) is 2. The average Bonchev–Trinajstić information content (AvgIpc) is 2.81. The van der Waals surface area contributed by atoms with Crippen molar-refractivity contribution in [2.24, 2.45) is 23.0 Å². The van der Waals surface area contributed by atoms with E-state index < -0.39 is 58.0 Å². The summed E-state index contributed by atoms with van der Waals surface area (Å²) >= 11 is 0. The van der Waals surface area contributed by atoms with Crippen LogP contribution in [-0.2, 0) is 22.6 Å². The van der Waals surface area contributed by atoms with Gasteiger partial charge in [-0.05, 0) is 49.9 Å². The number of hydrogen-bond acceptors (Lipinski definition) is 10. The third kappa shape index (κ3) is 4.46. The van der Waals surface area contributed by atoms with Crippen molar-refractivity contribution < 1.29 is 34.8 Å². The quantitative estimate of drug-likeness (QED) is 0.280. The number of phenolic OH excluding ortho intramolecular Hbond substituents is 1. The second-order valence-corrected chi connectivity index (χ2v) is 12.8. The molecular weight excluding hydrogens is 516 g/mol. The first-order valence-corrected chi connectivity index (χ1v) is 13.3. The molecule has 0 radical (unpaired) electrons. The number of hydrogen-bond donors (Lipinski definition) is 6. The van der Waals surface area contributed by atoms with Crippen molar-refractivity contribution >= 4 is 23.2 Å². The number of aliphatic hydroxyl groups is 3. The van der Waals surface area contributed by atoms with Gasteiger partial charge in [-0.15, -0.1) is 0 Å². The Morgan fingerprint density at radius 2 is 1.77 bits per heavy atom. The topological polar surface area (TPSA) is 177 Å². The molecule has 3 aliphatic rings. The largest absolute Gasteiger partial charge is 0.510 e. The van der Waals surface area contributed by atoms with Crippen molar-refractivity contribution in [3.63, 3.8) is 0 Å². The smallest absolute Gasteiger partial charge is 0.255 e. The zero-order chi connectivity index (χ0) is 30.1. The Bertz CT molecular complexity index is 1350. The molecule has 11 nitrogen and oxygen atoms in total. The van der Waals surface area contributed by atoms with Crippen LogP contribution in [0.3, 0.4) is 0 Å². The highest BCUT2D eigenvalue weighted by Crippen LogP contribution is 2.53. The molecule has 218 valence electrons. The Balaban J connectivity index is 1.90. The molecule has 1 amide bonds. The Hall–Kier alpha value is -3.41. The summed E-state index contributed by atoms with van der Waals surface area (Å²) in [6.45, 7) is 7.17. The first kappa shape index (κ1) is 29.6. The molecule has 0 heterocycles. The van der Waals surface area contributed by atoms with E-state index in [0.29, 0.717) is 24.2 Å². The van der Waals surface area contributed by atoms with Crippen LogP contribution in [0.25, 0.3) is 0 Å². The number of fused-ring (bicyclic) bond motifs is 3. The van der Waals surface area contributed by atoms with Gasteiger partial charge in [0.2, 0.25) is 5.78 Å². The number of Topliss-reactive ketones (excluding diaryl/α,β-unsaturated/α-hetero) is 2. The van der Waals surface area contributed by atoms with E-state index in [2.05, 4.69) is 26.1 Å². The summed E-state index contributed by atoms with van der Waals surface area (Å²) in [6, 6.07) is 0.814. The van der Waals surface area contributed by atoms with Gasteiger partial charge in [0, 0.05) is 49.9 Å². The lowest BCUT2D eigenvalue weighted by molar-refractivity contribution is -0.148. The van der Waals surface area contributed by atoms with Gasteiger partial charge in [0.05, 0.1) is 11.6 Å². The van der Waals surface area contributed by atoms with Crippen LogP contribution >= 0.6 is 0 Å². The minimum atomic E-state index is -2.66. The number of anilines is 1. The summed E-state index contributed by atoms with van der Waals surface area (Å²) in [5.74, 6) is -6.54. The molecule has 0 aromatic heterocycles. The van der Waals surface area contributed by atoms with E-state index in [4.69, 9.17) is 5.73 Å². The van der Waals surface area contributed by atoms with Gasteiger partial charge in [0.1, 0.15) is 22.8 Å². The van der Waals surface area contributed by atoms with Gasteiger partial charge in [-0.25, -0.2) is 0 Å². The molecule has 0 fully saturated rings. The van der Waals surface area contributed by atoms with E-state index in [0.717, 1.165) is 5.69 Å². The number of aromatic hydroxyl groups is 1. The first-order chi connectivity index (χ1) is 18.4. The number of aliphatic hydroxyl groups excluding tert-OH is 2. The normalized spacial score (nSPS) is 26.6. The molecule has 0 saturated heterocycles. The maximum atomic E-state index is 14.1. The number of primary amides is 1. The molecule has 4 atom stereocenters. The van der Waals surface area contributed by atoms with Crippen molar-refractivity contribution in [2.75, 3.05) is 39.6 Å². The second kappa shape index (κ2) is 9.90. The van der Waals surface area contributed by atoms with Gasteiger partial charge in [-0.3, -0.25) is 19.3 Å². The lowest BCUT2D eigenvalue weighted by Crippen LogP contribution is -2.63.